The third-order valence-corrected chi connectivity index (χ3v) is 2.55. The van der Waals surface area contributed by atoms with Crippen molar-refractivity contribution in [3.8, 4) is 0 Å². The molecule has 10 heavy (non-hydrogen) atoms. The summed E-state index contributed by atoms with van der Waals surface area (Å²) in [6.07, 6.45) is 5.88. The SMILES string of the molecule is C=CCSCCCCCS. The van der Waals surface area contributed by atoms with Gasteiger partial charge in [-0.05, 0) is 24.3 Å². The van der Waals surface area contributed by atoms with E-state index in [1.807, 2.05) is 17.8 Å². The lowest BCUT2D eigenvalue weighted by Gasteiger charge is -1.96. The summed E-state index contributed by atoms with van der Waals surface area (Å²) >= 11 is 6.10. The van der Waals surface area contributed by atoms with Crippen molar-refractivity contribution in [1.29, 1.82) is 0 Å². The van der Waals surface area contributed by atoms with Crippen LogP contribution in [0.5, 0.6) is 0 Å². The second-order valence-corrected chi connectivity index (χ2v) is 3.74. The standard InChI is InChI=1S/C8H16S2/c1-2-7-10-8-5-3-4-6-9/h2,9H,1,3-8H2. The van der Waals surface area contributed by atoms with Crippen molar-refractivity contribution < 1.29 is 0 Å². The first-order valence-corrected chi connectivity index (χ1v) is 5.50. The van der Waals surface area contributed by atoms with E-state index in [1.54, 1.807) is 0 Å². The molecule has 0 aliphatic carbocycles. The van der Waals surface area contributed by atoms with Crippen LogP contribution in [0.25, 0.3) is 0 Å². The quantitative estimate of drug-likeness (QED) is 0.353. The van der Waals surface area contributed by atoms with E-state index in [-0.39, 0.29) is 0 Å². The molecular formula is C8H16S2. The Hall–Kier alpha value is 0.440. The van der Waals surface area contributed by atoms with Gasteiger partial charge in [0.2, 0.25) is 0 Å². The van der Waals surface area contributed by atoms with Crippen LogP contribution in [0.15, 0.2) is 12.7 Å². The van der Waals surface area contributed by atoms with Gasteiger partial charge in [0.1, 0.15) is 0 Å². The normalized spacial score (nSPS) is 9.70. The van der Waals surface area contributed by atoms with E-state index in [0.29, 0.717) is 0 Å². The number of hydrogen-bond donors (Lipinski definition) is 1. The molecule has 0 unspecified atom stereocenters. The van der Waals surface area contributed by atoms with Crippen LogP contribution in [0.2, 0.25) is 0 Å². The first-order valence-electron chi connectivity index (χ1n) is 3.71. The molecule has 0 amide bonds. The van der Waals surface area contributed by atoms with E-state index in [9.17, 15) is 0 Å². The predicted molar refractivity (Wildman–Crippen MR) is 55.2 cm³/mol. The van der Waals surface area contributed by atoms with Gasteiger partial charge >= 0.3 is 0 Å². The number of rotatable bonds is 7. The molecule has 0 radical (unpaired) electrons. The highest BCUT2D eigenvalue weighted by Gasteiger charge is 1.86. The summed E-state index contributed by atoms with van der Waals surface area (Å²) in [5, 5.41) is 0. The van der Waals surface area contributed by atoms with Crippen LogP contribution in [-0.2, 0) is 0 Å². The zero-order chi connectivity index (χ0) is 7.66. The van der Waals surface area contributed by atoms with Crippen molar-refractivity contribution in [3.63, 3.8) is 0 Å². The molecule has 0 spiro atoms. The molecule has 0 aliphatic rings. The minimum atomic E-state index is 1.03. The van der Waals surface area contributed by atoms with Gasteiger partial charge in [-0.15, -0.1) is 6.58 Å². The fourth-order valence-electron chi connectivity index (χ4n) is 0.659. The molecular weight excluding hydrogens is 160 g/mol. The molecule has 0 saturated carbocycles. The Labute approximate surface area is 73.9 Å². The van der Waals surface area contributed by atoms with Gasteiger partial charge in [-0.2, -0.15) is 24.4 Å². The lowest BCUT2D eigenvalue weighted by atomic mass is 10.3. The maximum absolute atomic E-state index is 4.14. The Balaban J connectivity index is 2.70. The van der Waals surface area contributed by atoms with Crippen molar-refractivity contribution in [3.05, 3.63) is 12.7 Å². The third-order valence-electron chi connectivity index (χ3n) is 1.18. The van der Waals surface area contributed by atoms with Crippen LogP contribution < -0.4 is 0 Å². The summed E-state index contributed by atoms with van der Waals surface area (Å²) in [5.41, 5.74) is 0. The van der Waals surface area contributed by atoms with Gasteiger partial charge in [0.25, 0.3) is 0 Å². The molecule has 0 nitrogen and oxygen atoms in total. The molecule has 0 aromatic carbocycles. The number of thiol groups is 1. The van der Waals surface area contributed by atoms with Gasteiger partial charge < -0.3 is 0 Å². The van der Waals surface area contributed by atoms with Crippen molar-refractivity contribution in [1.82, 2.24) is 0 Å². The molecule has 0 saturated heterocycles. The average Bonchev–Trinajstić information content (AvgIpc) is 1.97. The van der Waals surface area contributed by atoms with Crippen molar-refractivity contribution in [2.24, 2.45) is 0 Å². The molecule has 0 aromatic rings. The molecule has 0 heterocycles. The highest BCUT2D eigenvalue weighted by atomic mass is 32.2. The Morgan fingerprint density at radius 2 is 2.10 bits per heavy atom. The van der Waals surface area contributed by atoms with Gasteiger partial charge in [0.05, 0.1) is 0 Å². The highest BCUT2D eigenvalue weighted by Crippen LogP contribution is 2.06. The van der Waals surface area contributed by atoms with Crippen LogP contribution in [0.3, 0.4) is 0 Å². The molecule has 0 aliphatic heterocycles. The third kappa shape index (κ3) is 8.44. The fourth-order valence-corrected chi connectivity index (χ4v) is 1.62. The van der Waals surface area contributed by atoms with E-state index in [2.05, 4.69) is 19.2 Å². The monoisotopic (exact) mass is 176 g/mol. The topological polar surface area (TPSA) is 0 Å². The van der Waals surface area contributed by atoms with Crippen molar-refractivity contribution >= 4 is 24.4 Å². The largest absolute Gasteiger partial charge is 0.179 e. The van der Waals surface area contributed by atoms with E-state index < -0.39 is 0 Å². The zero-order valence-corrected chi connectivity index (χ0v) is 8.09. The molecule has 0 fully saturated rings. The minimum Gasteiger partial charge on any atom is -0.179 e. The predicted octanol–water partition coefficient (Wildman–Crippen LogP) is 3.01. The van der Waals surface area contributed by atoms with Crippen LogP contribution in [0.4, 0.5) is 0 Å². The molecule has 2 heteroatoms. The van der Waals surface area contributed by atoms with Gasteiger partial charge in [-0.3, -0.25) is 0 Å². The molecule has 0 N–H and O–H groups in total. The summed E-state index contributed by atoms with van der Waals surface area (Å²) in [6, 6.07) is 0. The van der Waals surface area contributed by atoms with E-state index in [4.69, 9.17) is 0 Å². The van der Waals surface area contributed by atoms with E-state index in [0.717, 1.165) is 11.5 Å². The van der Waals surface area contributed by atoms with Gasteiger partial charge in [0.15, 0.2) is 0 Å². The Morgan fingerprint density at radius 1 is 1.30 bits per heavy atom. The Bertz CT molecular complexity index is 71.7. The van der Waals surface area contributed by atoms with Gasteiger partial charge in [-0.1, -0.05) is 12.5 Å². The van der Waals surface area contributed by atoms with Crippen LogP contribution >= 0.6 is 24.4 Å². The lowest BCUT2D eigenvalue weighted by molar-refractivity contribution is 0.787. The first-order chi connectivity index (χ1) is 4.91. The molecule has 0 atom stereocenters. The number of thioether (sulfide) groups is 1. The lowest BCUT2D eigenvalue weighted by Crippen LogP contribution is -1.82. The van der Waals surface area contributed by atoms with Crippen LogP contribution in [0.1, 0.15) is 19.3 Å². The second kappa shape index (κ2) is 9.44. The fraction of sp³-hybridized carbons (Fsp3) is 0.750. The maximum atomic E-state index is 4.14. The molecule has 0 bridgehead atoms. The average molecular weight is 176 g/mol. The zero-order valence-electron chi connectivity index (χ0n) is 6.38. The van der Waals surface area contributed by atoms with Crippen LogP contribution in [0, 0.1) is 0 Å². The van der Waals surface area contributed by atoms with Crippen LogP contribution in [-0.4, -0.2) is 17.3 Å². The summed E-state index contributed by atoms with van der Waals surface area (Å²) in [4.78, 5) is 0. The first kappa shape index (κ1) is 10.4. The van der Waals surface area contributed by atoms with E-state index in [1.165, 1.54) is 25.0 Å². The Morgan fingerprint density at radius 3 is 2.70 bits per heavy atom. The maximum Gasteiger partial charge on any atom is 0.0110 e. The van der Waals surface area contributed by atoms with Gasteiger partial charge in [-0.25, -0.2) is 0 Å². The summed E-state index contributed by atoms with van der Waals surface area (Å²) in [6.45, 7) is 3.66. The highest BCUT2D eigenvalue weighted by molar-refractivity contribution is 7.99. The second-order valence-electron chi connectivity index (χ2n) is 2.15. The molecule has 0 rings (SSSR count). The molecule has 0 aromatic heterocycles. The minimum absolute atomic E-state index is 1.03. The van der Waals surface area contributed by atoms with E-state index >= 15 is 0 Å². The molecule has 60 valence electrons. The summed E-state index contributed by atoms with van der Waals surface area (Å²) in [5.74, 6) is 3.41. The number of unbranched alkanes of at least 4 members (excludes halogenated alkanes) is 2. The summed E-state index contributed by atoms with van der Waals surface area (Å²) < 4.78 is 0. The Kier molecular flexibility index (Phi) is 9.86. The van der Waals surface area contributed by atoms with Crippen molar-refractivity contribution in [2.45, 2.75) is 19.3 Å². The number of hydrogen-bond acceptors (Lipinski definition) is 2. The smallest absolute Gasteiger partial charge is 0.0110 e. The van der Waals surface area contributed by atoms with Crippen molar-refractivity contribution in [2.75, 3.05) is 17.3 Å². The summed E-state index contributed by atoms with van der Waals surface area (Å²) in [7, 11) is 0. The van der Waals surface area contributed by atoms with Gasteiger partial charge in [0, 0.05) is 5.75 Å².